The zero-order valence-electron chi connectivity index (χ0n) is 11.9. The van der Waals surface area contributed by atoms with Crippen molar-refractivity contribution in [3.05, 3.63) is 53.3 Å². The van der Waals surface area contributed by atoms with E-state index >= 15 is 0 Å². The lowest BCUT2D eigenvalue weighted by molar-refractivity contribution is 0.158. The number of anilines is 2. The number of aryl methyl sites for hydroxylation is 1. The minimum absolute atomic E-state index is 0.183. The summed E-state index contributed by atoms with van der Waals surface area (Å²) in [5, 5.41) is 0. The lowest BCUT2D eigenvalue weighted by Crippen LogP contribution is -2.25. The van der Waals surface area contributed by atoms with Crippen LogP contribution in [0.1, 0.15) is 11.1 Å². The molecule has 1 aliphatic rings. The number of nitrogens with zero attached hydrogens (tertiary/aromatic N) is 2. The third kappa shape index (κ3) is 2.52. The Labute approximate surface area is 125 Å². The number of benzene rings is 2. The minimum Gasteiger partial charge on any atom is -0.383 e. The van der Waals surface area contributed by atoms with Crippen LogP contribution in [0.15, 0.2) is 41.4 Å². The van der Waals surface area contributed by atoms with Gasteiger partial charge in [0.05, 0.1) is 23.6 Å². The van der Waals surface area contributed by atoms with E-state index in [0.717, 1.165) is 5.56 Å². The number of nitrogens with two attached hydrogens (primary N) is 1. The van der Waals surface area contributed by atoms with E-state index in [2.05, 4.69) is 4.99 Å². The van der Waals surface area contributed by atoms with Crippen LogP contribution in [0.25, 0.3) is 0 Å². The van der Waals surface area contributed by atoms with Crippen LogP contribution >= 0.6 is 0 Å². The predicted molar refractivity (Wildman–Crippen MR) is 81.0 cm³/mol. The number of alkyl halides is 2. The van der Waals surface area contributed by atoms with Gasteiger partial charge in [0.15, 0.2) is 0 Å². The summed E-state index contributed by atoms with van der Waals surface area (Å²) in [5.74, 6) is -0.309. The molecule has 3 rings (SSSR count). The fourth-order valence-corrected chi connectivity index (χ4v) is 2.56. The maximum absolute atomic E-state index is 13.5. The molecule has 0 aromatic heterocycles. The second-order valence-electron chi connectivity index (χ2n) is 5.15. The zero-order valence-corrected chi connectivity index (χ0v) is 11.9. The van der Waals surface area contributed by atoms with E-state index in [9.17, 15) is 13.2 Å². The van der Waals surface area contributed by atoms with Crippen LogP contribution < -0.4 is 10.6 Å². The Morgan fingerprint density at radius 1 is 1.14 bits per heavy atom. The van der Waals surface area contributed by atoms with Gasteiger partial charge in [0.25, 0.3) is 6.43 Å². The van der Waals surface area contributed by atoms with E-state index in [1.807, 2.05) is 13.0 Å². The lowest BCUT2D eigenvalue weighted by atomic mass is 10.1. The second-order valence-corrected chi connectivity index (χ2v) is 5.15. The SMILES string of the molecule is Cc1ccc2c(c1)C(N)=Nc1cc(F)ccc1N2CC(F)F. The fourth-order valence-electron chi connectivity index (χ4n) is 2.56. The number of hydrogen-bond acceptors (Lipinski definition) is 3. The van der Waals surface area contributed by atoms with Crippen molar-refractivity contribution >= 4 is 22.9 Å². The third-order valence-electron chi connectivity index (χ3n) is 3.51. The Bertz CT molecular complexity index is 756. The van der Waals surface area contributed by atoms with Crippen molar-refractivity contribution in [3.63, 3.8) is 0 Å². The summed E-state index contributed by atoms with van der Waals surface area (Å²) in [6, 6.07) is 9.20. The van der Waals surface area contributed by atoms with Crippen molar-refractivity contribution < 1.29 is 13.2 Å². The van der Waals surface area contributed by atoms with E-state index in [-0.39, 0.29) is 11.5 Å². The molecule has 1 heterocycles. The topological polar surface area (TPSA) is 41.6 Å². The van der Waals surface area contributed by atoms with Crippen LogP contribution in [0, 0.1) is 12.7 Å². The van der Waals surface area contributed by atoms with Crippen molar-refractivity contribution in [3.8, 4) is 0 Å². The van der Waals surface area contributed by atoms with E-state index in [1.165, 1.54) is 23.1 Å². The van der Waals surface area contributed by atoms with Gasteiger partial charge in [-0.2, -0.15) is 0 Å². The predicted octanol–water partition coefficient (Wildman–Crippen LogP) is 3.89. The number of halogens is 3. The number of fused-ring (bicyclic) bond motifs is 2. The van der Waals surface area contributed by atoms with Gasteiger partial charge in [-0.3, -0.25) is 0 Å². The van der Waals surface area contributed by atoms with Gasteiger partial charge in [0.1, 0.15) is 11.7 Å². The second kappa shape index (κ2) is 5.36. The van der Waals surface area contributed by atoms with Crippen LogP contribution in [0.3, 0.4) is 0 Å². The standard InChI is InChI=1S/C16H14F3N3/c1-9-2-4-13-11(6-9)16(20)21-12-7-10(17)3-5-14(12)22(13)8-15(18)19/h2-7,15H,8H2,1H3,(H2,20,21). The van der Waals surface area contributed by atoms with Crippen molar-refractivity contribution in [1.82, 2.24) is 0 Å². The van der Waals surface area contributed by atoms with Crippen molar-refractivity contribution in [2.45, 2.75) is 13.3 Å². The van der Waals surface area contributed by atoms with E-state index in [1.54, 1.807) is 12.1 Å². The largest absolute Gasteiger partial charge is 0.383 e. The van der Waals surface area contributed by atoms with Gasteiger partial charge < -0.3 is 10.6 Å². The number of rotatable bonds is 2. The molecule has 0 fully saturated rings. The number of aliphatic imine (C=N–C) groups is 1. The maximum Gasteiger partial charge on any atom is 0.256 e. The van der Waals surface area contributed by atoms with E-state index in [0.29, 0.717) is 16.9 Å². The van der Waals surface area contributed by atoms with Gasteiger partial charge >= 0.3 is 0 Å². The maximum atomic E-state index is 13.5. The highest BCUT2D eigenvalue weighted by Crippen LogP contribution is 2.39. The molecular weight excluding hydrogens is 291 g/mol. The Morgan fingerprint density at radius 3 is 2.59 bits per heavy atom. The molecule has 0 amide bonds. The average molecular weight is 305 g/mol. The summed E-state index contributed by atoms with van der Waals surface area (Å²) < 4.78 is 39.5. The minimum atomic E-state index is -2.55. The van der Waals surface area contributed by atoms with Crippen molar-refractivity contribution in [2.24, 2.45) is 10.7 Å². The highest BCUT2D eigenvalue weighted by molar-refractivity contribution is 6.07. The van der Waals surface area contributed by atoms with Crippen LogP contribution in [0.4, 0.5) is 30.2 Å². The summed E-state index contributed by atoms with van der Waals surface area (Å²) in [7, 11) is 0. The van der Waals surface area contributed by atoms with Crippen LogP contribution in [0.2, 0.25) is 0 Å². The fraction of sp³-hybridized carbons (Fsp3) is 0.188. The van der Waals surface area contributed by atoms with Crippen LogP contribution in [-0.2, 0) is 0 Å². The molecule has 0 atom stereocenters. The molecule has 2 aromatic rings. The molecule has 6 heteroatoms. The van der Waals surface area contributed by atoms with Crippen molar-refractivity contribution in [2.75, 3.05) is 11.4 Å². The normalized spacial score (nSPS) is 13.5. The molecule has 0 saturated heterocycles. The van der Waals surface area contributed by atoms with E-state index < -0.39 is 18.8 Å². The molecule has 0 radical (unpaired) electrons. The van der Waals surface area contributed by atoms with Gasteiger partial charge in [0.2, 0.25) is 0 Å². The van der Waals surface area contributed by atoms with Gasteiger partial charge in [-0.15, -0.1) is 0 Å². The smallest absolute Gasteiger partial charge is 0.256 e. The molecule has 3 nitrogen and oxygen atoms in total. The molecule has 0 bridgehead atoms. The summed E-state index contributed by atoms with van der Waals surface area (Å²) >= 11 is 0. The van der Waals surface area contributed by atoms with Crippen molar-refractivity contribution in [1.29, 1.82) is 0 Å². The zero-order chi connectivity index (χ0) is 15.9. The summed E-state index contributed by atoms with van der Waals surface area (Å²) in [6.45, 7) is 1.36. The molecule has 2 aromatic carbocycles. The summed E-state index contributed by atoms with van der Waals surface area (Å²) in [6.07, 6.45) is -2.55. The van der Waals surface area contributed by atoms with Gasteiger partial charge in [-0.05, 0) is 31.2 Å². The molecule has 0 spiro atoms. The number of amidine groups is 1. The summed E-state index contributed by atoms with van der Waals surface area (Å²) in [4.78, 5) is 5.64. The molecule has 0 aliphatic carbocycles. The first kappa shape index (κ1) is 14.4. The molecule has 22 heavy (non-hydrogen) atoms. The quantitative estimate of drug-likeness (QED) is 0.914. The monoisotopic (exact) mass is 305 g/mol. The third-order valence-corrected chi connectivity index (χ3v) is 3.51. The Kier molecular flexibility index (Phi) is 3.52. The molecule has 114 valence electrons. The van der Waals surface area contributed by atoms with Gasteiger partial charge in [-0.1, -0.05) is 11.6 Å². The molecule has 0 unspecified atom stereocenters. The molecule has 2 N–H and O–H groups in total. The average Bonchev–Trinajstić information content (AvgIpc) is 2.54. The van der Waals surface area contributed by atoms with Gasteiger partial charge in [-0.25, -0.2) is 18.2 Å². The first-order valence-electron chi connectivity index (χ1n) is 6.76. The van der Waals surface area contributed by atoms with Crippen LogP contribution in [-0.4, -0.2) is 18.8 Å². The van der Waals surface area contributed by atoms with Gasteiger partial charge in [0, 0.05) is 11.6 Å². The lowest BCUT2D eigenvalue weighted by Gasteiger charge is -2.26. The molecule has 0 saturated carbocycles. The Hall–Kier alpha value is -2.50. The molecule has 1 aliphatic heterocycles. The summed E-state index contributed by atoms with van der Waals surface area (Å²) in [5.41, 5.74) is 8.68. The highest BCUT2D eigenvalue weighted by atomic mass is 19.3. The van der Waals surface area contributed by atoms with Crippen LogP contribution in [0.5, 0.6) is 0 Å². The first-order valence-corrected chi connectivity index (χ1v) is 6.76. The molecular formula is C16H14F3N3. The van der Waals surface area contributed by atoms with E-state index in [4.69, 9.17) is 5.73 Å². The number of hydrogen-bond donors (Lipinski definition) is 1. The first-order chi connectivity index (χ1) is 10.5. The Balaban J connectivity index is 2.26. The Morgan fingerprint density at radius 2 is 1.86 bits per heavy atom. The highest BCUT2D eigenvalue weighted by Gasteiger charge is 2.24.